The van der Waals surface area contributed by atoms with E-state index in [0.717, 1.165) is 22.3 Å². The summed E-state index contributed by atoms with van der Waals surface area (Å²) in [6, 6.07) is 12.0. The van der Waals surface area contributed by atoms with Gasteiger partial charge < -0.3 is 5.32 Å². The summed E-state index contributed by atoms with van der Waals surface area (Å²) < 4.78 is 0. The summed E-state index contributed by atoms with van der Waals surface area (Å²) in [6.45, 7) is 6.10. The van der Waals surface area contributed by atoms with Gasteiger partial charge in [-0.15, -0.1) is 6.58 Å². The number of nitrogens with one attached hydrogen (secondary N) is 2. The van der Waals surface area contributed by atoms with Crippen LogP contribution in [0.3, 0.4) is 0 Å². The lowest BCUT2D eigenvalue weighted by Gasteiger charge is -2.06. The second kappa shape index (κ2) is 6.77. The van der Waals surface area contributed by atoms with Crippen LogP contribution in [0.5, 0.6) is 0 Å². The van der Waals surface area contributed by atoms with Gasteiger partial charge in [0.25, 0.3) is 0 Å². The van der Waals surface area contributed by atoms with Crippen LogP contribution in [0.2, 0.25) is 0 Å². The van der Waals surface area contributed by atoms with Crippen molar-refractivity contribution in [2.24, 2.45) is 5.10 Å². The van der Waals surface area contributed by atoms with E-state index in [1.807, 2.05) is 43.3 Å². The Hall–Kier alpha value is -2.27. The fraction of sp³-hybridized carbons (Fsp3) is 0.133. The largest absolute Gasteiger partial charge is 0.358 e. The molecule has 0 fully saturated rings. The average molecular weight is 284 g/mol. The van der Waals surface area contributed by atoms with E-state index < -0.39 is 0 Å². The molecular formula is C15H16N4S. The van der Waals surface area contributed by atoms with Gasteiger partial charge >= 0.3 is 0 Å². The molecule has 2 rings (SSSR count). The molecule has 1 aromatic heterocycles. The van der Waals surface area contributed by atoms with Crippen LogP contribution in [0.15, 0.2) is 54.2 Å². The number of para-hydroxylation sites is 1. The molecule has 0 radical (unpaired) electrons. The standard InChI is InChI=1S/C15H16N4S/c1-3-10-16-15(20)19-18-11(2)13-9-8-12-6-4-5-7-14(12)17-13/h3-9H,1,10H2,2H3,(H2,16,19,20)/b18-11-. The third-order valence-electron chi connectivity index (χ3n) is 2.70. The van der Waals surface area contributed by atoms with Crippen LogP contribution in [0.25, 0.3) is 10.9 Å². The third-order valence-corrected chi connectivity index (χ3v) is 2.94. The van der Waals surface area contributed by atoms with Crippen LogP contribution in [-0.4, -0.2) is 22.4 Å². The maximum Gasteiger partial charge on any atom is 0.187 e. The monoisotopic (exact) mass is 284 g/mol. The molecule has 0 unspecified atom stereocenters. The van der Waals surface area contributed by atoms with Crippen molar-refractivity contribution in [3.8, 4) is 0 Å². The van der Waals surface area contributed by atoms with Gasteiger partial charge in [-0.25, -0.2) is 4.98 Å². The van der Waals surface area contributed by atoms with Gasteiger partial charge in [0.05, 0.1) is 16.9 Å². The van der Waals surface area contributed by atoms with Crippen molar-refractivity contribution in [1.82, 2.24) is 15.7 Å². The lowest BCUT2D eigenvalue weighted by molar-refractivity contribution is 0.935. The SMILES string of the molecule is C=CCNC(=S)N/N=C(/C)c1ccc2ccccc2n1. The Bertz CT molecular complexity index is 664. The lowest BCUT2D eigenvalue weighted by Crippen LogP contribution is -2.32. The lowest BCUT2D eigenvalue weighted by atomic mass is 10.2. The molecule has 2 aromatic rings. The highest BCUT2D eigenvalue weighted by molar-refractivity contribution is 7.80. The van der Waals surface area contributed by atoms with Gasteiger partial charge in [0.2, 0.25) is 0 Å². The van der Waals surface area contributed by atoms with Gasteiger partial charge in [-0.05, 0) is 31.3 Å². The Morgan fingerprint density at radius 1 is 1.35 bits per heavy atom. The maximum absolute atomic E-state index is 5.07. The number of hydrogen-bond donors (Lipinski definition) is 2. The zero-order valence-corrected chi connectivity index (χ0v) is 12.1. The Kier molecular flexibility index (Phi) is 4.79. The van der Waals surface area contributed by atoms with Crippen LogP contribution in [-0.2, 0) is 0 Å². The smallest absolute Gasteiger partial charge is 0.187 e. The van der Waals surface area contributed by atoms with E-state index in [1.165, 1.54) is 0 Å². The molecule has 0 saturated heterocycles. The van der Waals surface area contributed by atoms with Gasteiger partial charge in [-0.2, -0.15) is 5.10 Å². The van der Waals surface area contributed by atoms with E-state index in [4.69, 9.17) is 12.2 Å². The summed E-state index contributed by atoms with van der Waals surface area (Å²) >= 11 is 5.07. The van der Waals surface area contributed by atoms with Crippen LogP contribution in [0.4, 0.5) is 0 Å². The summed E-state index contributed by atoms with van der Waals surface area (Å²) in [6.07, 6.45) is 1.73. The zero-order chi connectivity index (χ0) is 14.4. The van der Waals surface area contributed by atoms with Crippen molar-refractivity contribution < 1.29 is 0 Å². The summed E-state index contributed by atoms with van der Waals surface area (Å²) in [7, 11) is 0. The number of nitrogens with zero attached hydrogens (tertiary/aromatic N) is 2. The molecule has 0 aliphatic carbocycles. The molecule has 4 nitrogen and oxygen atoms in total. The summed E-state index contributed by atoms with van der Waals surface area (Å²) in [5.41, 5.74) is 5.33. The molecule has 0 aliphatic rings. The van der Waals surface area contributed by atoms with Crippen molar-refractivity contribution in [3.63, 3.8) is 0 Å². The fourth-order valence-corrected chi connectivity index (χ4v) is 1.79. The second-order valence-corrected chi connectivity index (χ2v) is 4.61. The molecule has 0 aliphatic heterocycles. The molecule has 0 atom stereocenters. The van der Waals surface area contributed by atoms with Crippen LogP contribution in [0, 0.1) is 0 Å². The molecule has 2 N–H and O–H groups in total. The van der Waals surface area contributed by atoms with Crippen molar-refractivity contribution in [1.29, 1.82) is 0 Å². The molecule has 5 heteroatoms. The number of hydrogen-bond acceptors (Lipinski definition) is 3. The number of pyridine rings is 1. The zero-order valence-electron chi connectivity index (χ0n) is 11.3. The second-order valence-electron chi connectivity index (χ2n) is 4.20. The molecule has 1 heterocycles. The average Bonchev–Trinajstić information content (AvgIpc) is 2.50. The topological polar surface area (TPSA) is 49.3 Å². The van der Waals surface area contributed by atoms with E-state index >= 15 is 0 Å². The minimum absolute atomic E-state index is 0.463. The Labute approximate surface area is 123 Å². The van der Waals surface area contributed by atoms with E-state index in [-0.39, 0.29) is 0 Å². The summed E-state index contributed by atoms with van der Waals surface area (Å²) in [5, 5.41) is 8.74. The first-order valence-corrected chi connectivity index (χ1v) is 6.66. The first kappa shape index (κ1) is 14.1. The van der Waals surface area contributed by atoms with E-state index in [0.29, 0.717) is 11.7 Å². The molecule has 0 bridgehead atoms. The van der Waals surface area contributed by atoms with Crippen LogP contribution >= 0.6 is 12.2 Å². The Morgan fingerprint density at radius 3 is 2.95 bits per heavy atom. The minimum Gasteiger partial charge on any atom is -0.358 e. The van der Waals surface area contributed by atoms with Crippen molar-refractivity contribution in [3.05, 3.63) is 54.7 Å². The number of rotatable bonds is 4. The number of aromatic nitrogens is 1. The summed E-state index contributed by atoms with van der Waals surface area (Å²) in [4.78, 5) is 4.56. The Balaban J connectivity index is 2.12. The molecule has 102 valence electrons. The highest BCUT2D eigenvalue weighted by Crippen LogP contribution is 2.12. The summed E-state index contributed by atoms with van der Waals surface area (Å²) in [5.74, 6) is 0. The first-order valence-electron chi connectivity index (χ1n) is 6.26. The normalized spacial score (nSPS) is 11.2. The van der Waals surface area contributed by atoms with Gasteiger partial charge in [0.15, 0.2) is 5.11 Å². The van der Waals surface area contributed by atoms with Crippen molar-refractivity contribution >= 4 is 33.9 Å². The van der Waals surface area contributed by atoms with Crippen LogP contribution < -0.4 is 10.7 Å². The molecular weight excluding hydrogens is 268 g/mol. The van der Waals surface area contributed by atoms with Crippen LogP contribution in [0.1, 0.15) is 12.6 Å². The maximum atomic E-state index is 5.07. The molecule has 0 spiro atoms. The number of benzene rings is 1. The highest BCUT2D eigenvalue weighted by Gasteiger charge is 2.01. The molecule has 0 saturated carbocycles. The number of fused-ring (bicyclic) bond motifs is 1. The van der Waals surface area contributed by atoms with Gasteiger partial charge in [0.1, 0.15) is 0 Å². The van der Waals surface area contributed by atoms with E-state index in [1.54, 1.807) is 6.08 Å². The highest BCUT2D eigenvalue weighted by atomic mass is 32.1. The fourth-order valence-electron chi connectivity index (χ4n) is 1.66. The van der Waals surface area contributed by atoms with Crippen molar-refractivity contribution in [2.45, 2.75) is 6.92 Å². The molecule has 0 amide bonds. The molecule has 20 heavy (non-hydrogen) atoms. The number of thiocarbonyl (C=S) groups is 1. The predicted molar refractivity (Wildman–Crippen MR) is 87.9 cm³/mol. The minimum atomic E-state index is 0.463. The van der Waals surface area contributed by atoms with Gasteiger partial charge in [-0.1, -0.05) is 30.3 Å². The predicted octanol–water partition coefficient (Wildman–Crippen LogP) is 2.61. The number of hydrazone groups is 1. The van der Waals surface area contributed by atoms with Crippen molar-refractivity contribution in [2.75, 3.05) is 6.54 Å². The Morgan fingerprint density at radius 2 is 2.15 bits per heavy atom. The quantitative estimate of drug-likeness (QED) is 0.392. The first-order chi connectivity index (χ1) is 9.70. The van der Waals surface area contributed by atoms with E-state index in [9.17, 15) is 0 Å². The third kappa shape index (κ3) is 3.61. The van der Waals surface area contributed by atoms with E-state index in [2.05, 4.69) is 27.4 Å². The van der Waals surface area contributed by atoms with Gasteiger partial charge in [0, 0.05) is 11.9 Å². The molecule has 1 aromatic carbocycles. The van der Waals surface area contributed by atoms with Gasteiger partial charge in [-0.3, -0.25) is 5.43 Å².